The molecule has 180 valence electrons. The Labute approximate surface area is 197 Å². The van der Waals surface area contributed by atoms with Gasteiger partial charge in [0.25, 0.3) is 5.91 Å². The van der Waals surface area contributed by atoms with Crippen LogP contribution in [0.25, 0.3) is 0 Å². The van der Waals surface area contributed by atoms with Crippen LogP contribution in [-0.4, -0.2) is 70.3 Å². The van der Waals surface area contributed by atoms with Crippen LogP contribution in [0, 0.1) is 0 Å². The maximum absolute atomic E-state index is 14.6. The monoisotopic (exact) mass is 479 g/mol. The Morgan fingerprint density at radius 3 is 2.64 bits per heavy atom. The van der Waals surface area contributed by atoms with Crippen molar-refractivity contribution in [1.29, 1.82) is 0 Å². The number of ether oxygens (including phenoxy) is 1. The van der Waals surface area contributed by atoms with E-state index in [2.05, 4.69) is 16.0 Å². The van der Waals surface area contributed by atoms with E-state index in [1.165, 1.54) is 16.2 Å². The van der Waals surface area contributed by atoms with Crippen molar-refractivity contribution in [1.82, 2.24) is 14.8 Å². The number of nitrogens with zero attached hydrogens (tertiary/aromatic N) is 3. The zero-order valence-electron chi connectivity index (χ0n) is 19.1. The first kappa shape index (κ1) is 24.2. The maximum atomic E-state index is 14.6. The SMILES string of the molecule is CC(C)c1nc(C(=O)N2CC(F)(F)OC3(CCN(Cc4cccc(CCO)c4)CC3)C2)cs1. The average molecular weight is 480 g/mol. The number of halogens is 2. The predicted molar refractivity (Wildman–Crippen MR) is 123 cm³/mol. The highest BCUT2D eigenvalue weighted by atomic mass is 32.1. The average Bonchev–Trinajstić information content (AvgIpc) is 3.25. The van der Waals surface area contributed by atoms with Crippen molar-refractivity contribution in [3.8, 4) is 0 Å². The van der Waals surface area contributed by atoms with Gasteiger partial charge in [0.05, 0.1) is 17.2 Å². The lowest BCUT2D eigenvalue weighted by Crippen LogP contribution is -2.62. The van der Waals surface area contributed by atoms with E-state index in [-0.39, 0.29) is 24.8 Å². The predicted octanol–water partition coefficient (Wildman–Crippen LogP) is 3.90. The summed E-state index contributed by atoms with van der Waals surface area (Å²) >= 11 is 1.38. The second-order valence-corrected chi connectivity index (χ2v) is 10.3. The Bertz CT molecular complexity index is 973. The number of aromatic nitrogens is 1. The molecule has 0 unspecified atom stereocenters. The van der Waals surface area contributed by atoms with Crippen LogP contribution in [-0.2, 0) is 17.7 Å². The first-order valence-corrected chi connectivity index (χ1v) is 12.3. The zero-order chi connectivity index (χ0) is 23.6. The van der Waals surface area contributed by atoms with E-state index in [1.807, 2.05) is 32.0 Å². The van der Waals surface area contributed by atoms with Crippen molar-refractivity contribution >= 4 is 17.2 Å². The number of aliphatic hydroxyl groups is 1. The highest BCUT2D eigenvalue weighted by molar-refractivity contribution is 7.09. The van der Waals surface area contributed by atoms with Crippen LogP contribution in [0.2, 0.25) is 0 Å². The molecule has 2 aliphatic heterocycles. The van der Waals surface area contributed by atoms with Gasteiger partial charge in [-0.2, -0.15) is 8.78 Å². The fraction of sp³-hybridized carbons (Fsp3) is 0.583. The van der Waals surface area contributed by atoms with Crippen LogP contribution in [0.1, 0.15) is 59.2 Å². The van der Waals surface area contributed by atoms with Gasteiger partial charge >= 0.3 is 6.11 Å². The number of benzene rings is 1. The Morgan fingerprint density at radius 2 is 1.97 bits per heavy atom. The first-order chi connectivity index (χ1) is 15.7. The topological polar surface area (TPSA) is 65.9 Å². The standard InChI is InChI=1S/C24H31F2N3O3S/c1-17(2)21-27-20(14-33-21)22(31)29-15-23(32-24(25,26)16-29)7-9-28(10-8-23)13-19-5-3-4-18(12-19)6-11-30/h3-5,12,14,17,30H,6-11,13,15-16H2,1-2H3. The minimum absolute atomic E-state index is 0.107. The third-order valence-electron chi connectivity index (χ3n) is 6.31. The number of likely N-dealkylation sites (tertiary alicyclic amines) is 1. The second kappa shape index (κ2) is 9.74. The van der Waals surface area contributed by atoms with Gasteiger partial charge in [0.2, 0.25) is 0 Å². The van der Waals surface area contributed by atoms with Crippen molar-refractivity contribution in [2.24, 2.45) is 0 Å². The molecular weight excluding hydrogens is 448 g/mol. The molecule has 2 aromatic rings. The van der Waals surface area contributed by atoms with E-state index in [1.54, 1.807) is 5.38 Å². The second-order valence-electron chi connectivity index (χ2n) is 9.38. The summed E-state index contributed by atoms with van der Waals surface area (Å²) < 4.78 is 34.5. The lowest BCUT2D eigenvalue weighted by atomic mass is 9.88. The number of morpholine rings is 1. The van der Waals surface area contributed by atoms with Gasteiger partial charge in [-0.15, -0.1) is 11.3 Å². The van der Waals surface area contributed by atoms with Crippen molar-refractivity contribution in [2.75, 3.05) is 32.8 Å². The number of hydrogen-bond acceptors (Lipinski definition) is 6. The molecule has 3 heterocycles. The summed E-state index contributed by atoms with van der Waals surface area (Å²) in [5.41, 5.74) is 1.39. The van der Waals surface area contributed by atoms with Crippen LogP contribution in [0.15, 0.2) is 29.6 Å². The third kappa shape index (κ3) is 5.77. The van der Waals surface area contributed by atoms with Crippen molar-refractivity contribution in [2.45, 2.75) is 57.3 Å². The number of piperidine rings is 1. The highest BCUT2D eigenvalue weighted by Gasteiger charge is 2.52. The molecule has 0 atom stereocenters. The summed E-state index contributed by atoms with van der Waals surface area (Å²) in [6, 6.07) is 8.08. The maximum Gasteiger partial charge on any atom is 0.373 e. The Kier molecular flexibility index (Phi) is 7.14. The van der Waals surface area contributed by atoms with Gasteiger partial charge in [-0.25, -0.2) is 4.98 Å². The molecule has 33 heavy (non-hydrogen) atoms. The van der Waals surface area contributed by atoms with Gasteiger partial charge in [-0.3, -0.25) is 9.69 Å². The first-order valence-electron chi connectivity index (χ1n) is 11.4. The molecule has 1 aromatic carbocycles. The van der Waals surface area contributed by atoms with Gasteiger partial charge in [0, 0.05) is 37.5 Å². The number of amides is 1. The van der Waals surface area contributed by atoms with Crippen LogP contribution in [0.3, 0.4) is 0 Å². The molecule has 0 aliphatic carbocycles. The van der Waals surface area contributed by atoms with E-state index < -0.39 is 24.2 Å². The molecule has 6 nitrogen and oxygen atoms in total. The molecular formula is C24H31F2N3O3S. The van der Waals surface area contributed by atoms with E-state index in [9.17, 15) is 13.6 Å². The van der Waals surface area contributed by atoms with Gasteiger partial charge in [0.1, 0.15) is 12.2 Å². The molecule has 4 rings (SSSR count). The van der Waals surface area contributed by atoms with Gasteiger partial charge in [-0.05, 0) is 30.4 Å². The van der Waals surface area contributed by atoms with Crippen LogP contribution in [0.4, 0.5) is 8.78 Å². The molecule has 2 saturated heterocycles. The normalized spacial score (nSPS) is 20.5. The zero-order valence-corrected chi connectivity index (χ0v) is 19.9. The number of alkyl halides is 2. The number of thiazole rings is 1. The molecule has 0 saturated carbocycles. The quantitative estimate of drug-likeness (QED) is 0.681. The summed E-state index contributed by atoms with van der Waals surface area (Å²) in [6.07, 6.45) is -1.92. The van der Waals surface area contributed by atoms with Crippen LogP contribution >= 0.6 is 11.3 Å². The van der Waals surface area contributed by atoms with Gasteiger partial charge in [0.15, 0.2) is 0 Å². The van der Waals surface area contributed by atoms with Crippen molar-refractivity contribution < 1.29 is 23.4 Å². The Hall–Kier alpha value is -1.94. The minimum atomic E-state index is -3.38. The van der Waals surface area contributed by atoms with Gasteiger partial charge in [-0.1, -0.05) is 38.1 Å². The fourth-order valence-electron chi connectivity index (χ4n) is 4.61. The third-order valence-corrected chi connectivity index (χ3v) is 7.45. The molecule has 9 heteroatoms. The van der Waals surface area contributed by atoms with Crippen molar-refractivity contribution in [3.63, 3.8) is 0 Å². The molecule has 1 amide bonds. The molecule has 1 spiro atoms. The number of carbonyl (C=O) groups is 1. The molecule has 2 aliphatic rings. The van der Waals surface area contributed by atoms with E-state index >= 15 is 0 Å². The fourth-order valence-corrected chi connectivity index (χ4v) is 5.42. The Morgan fingerprint density at radius 1 is 1.24 bits per heavy atom. The number of aliphatic hydroxyl groups excluding tert-OH is 1. The van der Waals surface area contributed by atoms with E-state index in [0.717, 1.165) is 16.1 Å². The summed E-state index contributed by atoms with van der Waals surface area (Å²) in [5, 5.41) is 11.6. The summed E-state index contributed by atoms with van der Waals surface area (Å²) in [5.74, 6) is -0.272. The Balaban J connectivity index is 1.41. The lowest BCUT2D eigenvalue weighted by Gasteiger charge is -2.49. The van der Waals surface area contributed by atoms with Crippen LogP contribution < -0.4 is 0 Å². The largest absolute Gasteiger partial charge is 0.396 e. The lowest BCUT2D eigenvalue weighted by molar-refractivity contribution is -0.332. The van der Waals surface area contributed by atoms with Crippen LogP contribution in [0.5, 0.6) is 0 Å². The molecule has 0 bridgehead atoms. The molecule has 1 N–H and O–H groups in total. The molecule has 0 radical (unpaired) electrons. The van der Waals surface area contributed by atoms with Crippen molar-refractivity contribution in [3.05, 3.63) is 51.5 Å². The summed E-state index contributed by atoms with van der Waals surface area (Å²) in [7, 11) is 0. The number of carbonyl (C=O) groups excluding carboxylic acids is 1. The number of hydrogen-bond donors (Lipinski definition) is 1. The van der Waals surface area contributed by atoms with E-state index in [0.29, 0.717) is 38.9 Å². The summed E-state index contributed by atoms with van der Waals surface area (Å²) in [4.78, 5) is 20.8. The molecule has 2 fully saturated rings. The van der Waals surface area contributed by atoms with Gasteiger partial charge < -0.3 is 14.7 Å². The summed E-state index contributed by atoms with van der Waals surface area (Å²) in [6.45, 7) is 5.41. The molecule has 1 aromatic heterocycles. The highest BCUT2D eigenvalue weighted by Crippen LogP contribution is 2.39. The number of rotatable bonds is 6. The minimum Gasteiger partial charge on any atom is -0.396 e. The van der Waals surface area contributed by atoms with E-state index in [4.69, 9.17) is 9.84 Å². The smallest absolute Gasteiger partial charge is 0.373 e.